The Bertz CT molecular complexity index is 722. The number of fused-ring (bicyclic) bond motifs is 1. The zero-order valence-electron chi connectivity index (χ0n) is 13.3. The van der Waals surface area contributed by atoms with Gasteiger partial charge in [-0.1, -0.05) is 0 Å². The maximum Gasteiger partial charge on any atom is 0.220 e. The van der Waals surface area contributed by atoms with Gasteiger partial charge in [0.2, 0.25) is 5.91 Å². The Morgan fingerprint density at radius 3 is 2.82 bits per heavy atom. The van der Waals surface area contributed by atoms with Crippen molar-refractivity contribution in [1.82, 2.24) is 19.9 Å². The third-order valence-corrected chi connectivity index (χ3v) is 4.47. The van der Waals surface area contributed by atoms with Gasteiger partial charge in [-0.15, -0.1) is 0 Å². The number of aryl methyl sites for hydroxylation is 3. The summed E-state index contributed by atoms with van der Waals surface area (Å²) < 4.78 is 1.84. The smallest absolute Gasteiger partial charge is 0.220 e. The van der Waals surface area contributed by atoms with Crippen LogP contribution in [0.15, 0.2) is 6.07 Å². The van der Waals surface area contributed by atoms with Gasteiger partial charge in [-0.25, -0.2) is 9.50 Å². The lowest BCUT2D eigenvalue weighted by molar-refractivity contribution is -0.123. The lowest BCUT2D eigenvalue weighted by Crippen LogP contribution is -2.50. The first-order valence-electron chi connectivity index (χ1n) is 7.75. The molecule has 0 saturated heterocycles. The summed E-state index contributed by atoms with van der Waals surface area (Å²) in [6.07, 6.45) is 2.30. The minimum atomic E-state index is -0.377. The van der Waals surface area contributed by atoms with Crippen LogP contribution >= 0.6 is 0 Å². The second-order valence-electron chi connectivity index (χ2n) is 6.14. The lowest BCUT2D eigenvalue weighted by Gasteiger charge is -2.32. The predicted octanol–water partition coefficient (Wildman–Crippen LogP) is 1.23. The number of nitrogens with one attached hydrogen (secondary N) is 1. The summed E-state index contributed by atoms with van der Waals surface area (Å²) >= 11 is 0. The van der Waals surface area contributed by atoms with E-state index < -0.39 is 0 Å². The molecule has 0 aliphatic heterocycles. The fourth-order valence-electron chi connectivity index (χ4n) is 2.97. The third kappa shape index (κ3) is 2.70. The second kappa shape index (κ2) is 5.68. The highest BCUT2D eigenvalue weighted by molar-refractivity contribution is 5.76. The van der Waals surface area contributed by atoms with E-state index in [9.17, 15) is 9.90 Å². The van der Waals surface area contributed by atoms with Gasteiger partial charge in [0.1, 0.15) is 0 Å². The Balaban J connectivity index is 1.71. The average molecular weight is 302 g/mol. The van der Waals surface area contributed by atoms with Crippen LogP contribution in [0.25, 0.3) is 5.65 Å². The molecule has 1 aliphatic carbocycles. The number of hydrogen-bond donors (Lipinski definition) is 2. The monoisotopic (exact) mass is 302 g/mol. The molecule has 3 rings (SSSR count). The van der Waals surface area contributed by atoms with Crippen LogP contribution in [-0.4, -0.2) is 37.8 Å². The van der Waals surface area contributed by atoms with Crippen LogP contribution in [0.3, 0.4) is 0 Å². The molecule has 22 heavy (non-hydrogen) atoms. The van der Waals surface area contributed by atoms with Crippen LogP contribution < -0.4 is 5.32 Å². The van der Waals surface area contributed by atoms with Gasteiger partial charge in [-0.05, 0) is 45.6 Å². The summed E-state index contributed by atoms with van der Waals surface area (Å²) in [5.74, 6) is -0.0145. The van der Waals surface area contributed by atoms with Gasteiger partial charge in [0.15, 0.2) is 5.65 Å². The standard InChI is InChI=1S/C16H22N4O2/c1-9-8-15-17-10(2)12(11(3)20(15)19-9)4-7-16(22)18-13-5-6-14(13)21/h8,13-14,21H,4-7H2,1-3H3,(H,18,22)/t13-,14-/m1/s1. The summed E-state index contributed by atoms with van der Waals surface area (Å²) in [7, 11) is 0. The molecule has 2 aromatic rings. The van der Waals surface area contributed by atoms with Crippen molar-refractivity contribution in [2.24, 2.45) is 0 Å². The van der Waals surface area contributed by atoms with E-state index in [0.717, 1.165) is 41.1 Å². The van der Waals surface area contributed by atoms with Crippen molar-refractivity contribution in [3.8, 4) is 0 Å². The quantitative estimate of drug-likeness (QED) is 0.890. The Morgan fingerprint density at radius 2 is 2.18 bits per heavy atom. The van der Waals surface area contributed by atoms with Crippen LogP contribution in [-0.2, 0) is 11.2 Å². The van der Waals surface area contributed by atoms with Crippen LogP contribution in [0.1, 0.15) is 41.9 Å². The molecule has 1 amide bonds. The average Bonchev–Trinajstić information content (AvgIpc) is 2.83. The van der Waals surface area contributed by atoms with Gasteiger partial charge in [0.05, 0.1) is 17.8 Å². The van der Waals surface area contributed by atoms with Gasteiger partial charge >= 0.3 is 0 Å². The minimum Gasteiger partial charge on any atom is -0.391 e. The zero-order valence-corrected chi connectivity index (χ0v) is 13.3. The molecule has 6 heteroatoms. The Kier molecular flexibility index (Phi) is 3.87. The minimum absolute atomic E-state index is 0.0145. The number of carbonyl (C=O) groups excluding carboxylic acids is 1. The Labute approximate surface area is 129 Å². The first-order valence-corrected chi connectivity index (χ1v) is 7.75. The fourth-order valence-corrected chi connectivity index (χ4v) is 2.97. The summed E-state index contributed by atoms with van der Waals surface area (Å²) in [4.78, 5) is 16.6. The van der Waals surface area contributed by atoms with Crippen molar-refractivity contribution < 1.29 is 9.90 Å². The second-order valence-corrected chi connectivity index (χ2v) is 6.14. The van der Waals surface area contributed by atoms with Crippen molar-refractivity contribution in [3.05, 3.63) is 28.7 Å². The van der Waals surface area contributed by atoms with E-state index in [1.165, 1.54) is 0 Å². The Hall–Kier alpha value is -1.95. The first-order chi connectivity index (χ1) is 10.5. The highest BCUT2D eigenvalue weighted by Gasteiger charge is 2.29. The van der Waals surface area contributed by atoms with Crippen molar-refractivity contribution in [1.29, 1.82) is 0 Å². The maximum atomic E-state index is 12.0. The van der Waals surface area contributed by atoms with Gasteiger partial charge in [0.25, 0.3) is 0 Å². The van der Waals surface area contributed by atoms with Gasteiger partial charge in [0, 0.05) is 23.9 Å². The number of nitrogens with zero attached hydrogens (tertiary/aromatic N) is 3. The lowest BCUT2D eigenvalue weighted by atomic mass is 9.89. The largest absolute Gasteiger partial charge is 0.391 e. The molecule has 2 heterocycles. The van der Waals surface area contributed by atoms with E-state index in [1.807, 2.05) is 31.4 Å². The summed E-state index contributed by atoms with van der Waals surface area (Å²) in [6, 6.07) is 1.89. The van der Waals surface area contributed by atoms with Crippen molar-refractivity contribution in [3.63, 3.8) is 0 Å². The molecule has 1 aliphatic rings. The number of hydrogen-bond acceptors (Lipinski definition) is 4. The number of rotatable bonds is 4. The number of aromatic nitrogens is 3. The molecule has 0 bridgehead atoms. The van der Waals surface area contributed by atoms with Crippen molar-refractivity contribution in [2.45, 2.75) is 58.6 Å². The molecule has 1 fully saturated rings. The van der Waals surface area contributed by atoms with Crippen LogP contribution in [0.2, 0.25) is 0 Å². The maximum absolute atomic E-state index is 12.0. The Morgan fingerprint density at radius 1 is 1.41 bits per heavy atom. The normalized spacial score (nSPS) is 20.9. The SMILES string of the molecule is Cc1cc2nc(C)c(CCC(=O)N[C@@H]3CC[C@H]3O)c(C)n2n1. The van der Waals surface area contributed by atoms with Gasteiger partial charge < -0.3 is 10.4 Å². The molecule has 6 nitrogen and oxygen atoms in total. The zero-order chi connectivity index (χ0) is 15.9. The topological polar surface area (TPSA) is 79.5 Å². The molecule has 0 spiro atoms. The van der Waals surface area contributed by atoms with E-state index in [2.05, 4.69) is 15.4 Å². The molecule has 0 aromatic carbocycles. The van der Waals surface area contributed by atoms with Crippen LogP contribution in [0, 0.1) is 20.8 Å². The van der Waals surface area contributed by atoms with Crippen LogP contribution in [0.4, 0.5) is 0 Å². The summed E-state index contributed by atoms with van der Waals surface area (Å²) in [5.41, 5.74) is 4.83. The van der Waals surface area contributed by atoms with Gasteiger partial charge in [-0.2, -0.15) is 5.10 Å². The molecule has 2 aromatic heterocycles. The summed E-state index contributed by atoms with van der Waals surface area (Å²) in [6.45, 7) is 5.93. The van der Waals surface area contributed by atoms with Gasteiger partial charge in [-0.3, -0.25) is 4.79 Å². The van der Waals surface area contributed by atoms with Crippen molar-refractivity contribution >= 4 is 11.6 Å². The third-order valence-electron chi connectivity index (χ3n) is 4.47. The fraction of sp³-hybridized carbons (Fsp3) is 0.562. The molecule has 1 saturated carbocycles. The molecule has 2 atom stereocenters. The highest BCUT2D eigenvalue weighted by atomic mass is 16.3. The van der Waals surface area contributed by atoms with E-state index in [-0.39, 0.29) is 18.1 Å². The van der Waals surface area contributed by atoms with E-state index in [1.54, 1.807) is 0 Å². The highest BCUT2D eigenvalue weighted by Crippen LogP contribution is 2.20. The van der Waals surface area contributed by atoms with E-state index in [4.69, 9.17) is 0 Å². The molecule has 0 radical (unpaired) electrons. The number of amides is 1. The van der Waals surface area contributed by atoms with Crippen LogP contribution in [0.5, 0.6) is 0 Å². The number of aliphatic hydroxyl groups excluding tert-OH is 1. The molecule has 0 unspecified atom stereocenters. The van der Waals surface area contributed by atoms with E-state index in [0.29, 0.717) is 12.8 Å². The first kappa shape index (κ1) is 15.0. The predicted molar refractivity (Wildman–Crippen MR) is 82.7 cm³/mol. The van der Waals surface area contributed by atoms with Crippen molar-refractivity contribution in [2.75, 3.05) is 0 Å². The number of carbonyl (C=O) groups is 1. The molecular weight excluding hydrogens is 280 g/mol. The molecule has 2 N–H and O–H groups in total. The molecule has 118 valence electrons. The number of aliphatic hydroxyl groups is 1. The van der Waals surface area contributed by atoms with E-state index >= 15 is 0 Å². The molecular formula is C16H22N4O2. The summed E-state index contributed by atoms with van der Waals surface area (Å²) in [5, 5.41) is 16.8.